The van der Waals surface area contributed by atoms with Crippen molar-refractivity contribution in [2.24, 2.45) is 0 Å². The van der Waals surface area contributed by atoms with Gasteiger partial charge in [0.15, 0.2) is 17.3 Å². The van der Waals surface area contributed by atoms with Crippen LogP contribution < -0.4 is 10.1 Å². The number of alkyl halides is 3. The second-order valence-electron chi connectivity index (χ2n) is 4.17. The highest BCUT2D eigenvalue weighted by Gasteiger charge is 2.37. The second-order valence-corrected chi connectivity index (χ2v) is 5.25. The summed E-state index contributed by atoms with van der Waals surface area (Å²) in [5, 5.41) is 2.85. The van der Waals surface area contributed by atoms with Crippen LogP contribution in [-0.2, 0) is 12.7 Å². The van der Waals surface area contributed by atoms with E-state index in [9.17, 15) is 17.6 Å². The van der Waals surface area contributed by atoms with E-state index in [1.807, 2.05) is 0 Å². The molecule has 0 amide bonds. The third-order valence-corrected chi connectivity index (χ3v) is 3.81. The molecule has 1 heterocycles. The first-order valence-corrected chi connectivity index (χ1v) is 6.74. The van der Waals surface area contributed by atoms with E-state index in [0.29, 0.717) is 5.56 Å². The minimum absolute atomic E-state index is 0.0357. The molecule has 0 aliphatic carbocycles. The molecule has 0 spiro atoms. The molecular weight excluding hydrogens is 308 g/mol. The van der Waals surface area contributed by atoms with Gasteiger partial charge in [-0.2, -0.15) is 13.2 Å². The lowest BCUT2D eigenvalue weighted by Gasteiger charge is -2.05. The van der Waals surface area contributed by atoms with E-state index in [-0.39, 0.29) is 22.2 Å². The van der Waals surface area contributed by atoms with Gasteiger partial charge in [0.2, 0.25) is 0 Å². The third kappa shape index (κ3) is 3.33. The molecule has 0 bridgehead atoms. The maximum absolute atomic E-state index is 13.3. The van der Waals surface area contributed by atoms with Crippen molar-refractivity contribution in [3.8, 4) is 16.3 Å². The summed E-state index contributed by atoms with van der Waals surface area (Å²) in [6.07, 6.45) is -4.52. The van der Waals surface area contributed by atoms with Gasteiger partial charge in [-0.1, -0.05) is 0 Å². The largest absolute Gasteiger partial charge is 0.494 e. The topological polar surface area (TPSA) is 34.1 Å². The molecular formula is C13H12F4N2OS. The molecule has 1 aromatic carbocycles. The van der Waals surface area contributed by atoms with E-state index in [1.165, 1.54) is 19.2 Å². The summed E-state index contributed by atoms with van der Waals surface area (Å²) in [6, 6.07) is 3.85. The first-order valence-electron chi connectivity index (χ1n) is 5.92. The van der Waals surface area contributed by atoms with Crippen LogP contribution in [0.4, 0.5) is 17.6 Å². The fourth-order valence-electron chi connectivity index (χ4n) is 1.77. The molecule has 1 N–H and O–H groups in total. The zero-order valence-electron chi connectivity index (χ0n) is 11.2. The molecule has 0 aliphatic rings. The molecule has 3 nitrogen and oxygen atoms in total. The van der Waals surface area contributed by atoms with E-state index in [0.717, 1.165) is 17.4 Å². The Balaban J connectivity index is 2.49. The number of hydrogen-bond donors (Lipinski definition) is 1. The molecule has 0 fully saturated rings. The Hall–Kier alpha value is -1.67. The average Bonchev–Trinajstić information content (AvgIpc) is 2.84. The summed E-state index contributed by atoms with van der Waals surface area (Å²) in [6.45, 7) is 0.0604. The molecule has 21 heavy (non-hydrogen) atoms. The SMILES string of the molecule is CNCc1sc(-c2ccc(F)c(OC)c2)nc1C(F)(F)F. The molecule has 0 aliphatic heterocycles. The maximum Gasteiger partial charge on any atom is 0.434 e. The van der Waals surface area contributed by atoms with Crippen LogP contribution in [0.2, 0.25) is 0 Å². The Bertz CT molecular complexity index is 640. The Morgan fingerprint density at radius 3 is 2.62 bits per heavy atom. The predicted octanol–water partition coefficient (Wildman–Crippen LogP) is 3.70. The van der Waals surface area contributed by atoms with Crippen LogP contribution in [0.3, 0.4) is 0 Å². The first-order chi connectivity index (χ1) is 9.86. The van der Waals surface area contributed by atoms with Gasteiger partial charge in [0.25, 0.3) is 0 Å². The predicted molar refractivity (Wildman–Crippen MR) is 71.8 cm³/mol. The van der Waals surface area contributed by atoms with Gasteiger partial charge in [0.1, 0.15) is 5.01 Å². The molecule has 0 unspecified atom stereocenters. The monoisotopic (exact) mass is 320 g/mol. The Labute approximate surface area is 122 Å². The molecule has 0 atom stereocenters. The smallest absolute Gasteiger partial charge is 0.434 e. The van der Waals surface area contributed by atoms with Crippen molar-refractivity contribution in [3.63, 3.8) is 0 Å². The number of rotatable bonds is 4. The van der Waals surface area contributed by atoms with Crippen molar-refractivity contribution in [2.45, 2.75) is 12.7 Å². The molecule has 0 saturated carbocycles. The Morgan fingerprint density at radius 1 is 1.33 bits per heavy atom. The first kappa shape index (κ1) is 15.7. The summed E-state index contributed by atoms with van der Waals surface area (Å²) < 4.78 is 57.0. The Kier molecular flexibility index (Phi) is 4.48. The van der Waals surface area contributed by atoms with Crippen LogP contribution >= 0.6 is 11.3 Å². The molecule has 2 aromatic rings. The fourth-order valence-corrected chi connectivity index (χ4v) is 2.86. The highest BCUT2D eigenvalue weighted by molar-refractivity contribution is 7.15. The van der Waals surface area contributed by atoms with Crippen LogP contribution in [0.15, 0.2) is 18.2 Å². The number of nitrogens with one attached hydrogen (secondary N) is 1. The van der Waals surface area contributed by atoms with E-state index >= 15 is 0 Å². The number of hydrogen-bond acceptors (Lipinski definition) is 4. The van der Waals surface area contributed by atoms with Crippen LogP contribution in [0.1, 0.15) is 10.6 Å². The summed E-state index contributed by atoms with van der Waals surface area (Å²) in [7, 11) is 2.85. The molecule has 1 aromatic heterocycles. The lowest BCUT2D eigenvalue weighted by atomic mass is 10.2. The van der Waals surface area contributed by atoms with Gasteiger partial charge in [-0.15, -0.1) is 11.3 Å². The van der Waals surface area contributed by atoms with Crippen molar-refractivity contribution < 1.29 is 22.3 Å². The van der Waals surface area contributed by atoms with Gasteiger partial charge < -0.3 is 10.1 Å². The number of halogens is 4. The van der Waals surface area contributed by atoms with Gasteiger partial charge >= 0.3 is 6.18 Å². The van der Waals surface area contributed by atoms with Crippen molar-refractivity contribution in [1.29, 1.82) is 0 Å². The molecule has 0 saturated heterocycles. The van der Waals surface area contributed by atoms with Crippen molar-refractivity contribution in [3.05, 3.63) is 34.6 Å². The number of ether oxygens (including phenoxy) is 1. The molecule has 2 rings (SSSR count). The second kappa shape index (κ2) is 5.98. The van der Waals surface area contributed by atoms with Crippen LogP contribution in [-0.4, -0.2) is 19.1 Å². The van der Waals surface area contributed by atoms with Gasteiger partial charge in [-0.25, -0.2) is 9.37 Å². The minimum atomic E-state index is -4.52. The zero-order valence-corrected chi connectivity index (χ0v) is 12.0. The van der Waals surface area contributed by atoms with E-state index in [2.05, 4.69) is 10.3 Å². The van der Waals surface area contributed by atoms with Crippen LogP contribution in [0.5, 0.6) is 5.75 Å². The molecule has 114 valence electrons. The summed E-state index contributed by atoms with van der Waals surface area (Å²) in [4.78, 5) is 3.74. The molecule has 0 radical (unpaired) electrons. The minimum Gasteiger partial charge on any atom is -0.494 e. The van der Waals surface area contributed by atoms with Gasteiger partial charge in [-0.3, -0.25) is 0 Å². The van der Waals surface area contributed by atoms with E-state index in [1.54, 1.807) is 7.05 Å². The standard InChI is InChI=1S/C13H12F4N2OS/c1-18-6-10-11(13(15,16)17)19-12(21-10)7-3-4-8(14)9(5-7)20-2/h3-5,18H,6H2,1-2H3. The van der Waals surface area contributed by atoms with Crippen molar-refractivity contribution >= 4 is 11.3 Å². The lowest BCUT2D eigenvalue weighted by molar-refractivity contribution is -0.141. The van der Waals surface area contributed by atoms with E-state index < -0.39 is 17.7 Å². The number of nitrogens with zero attached hydrogens (tertiary/aromatic N) is 1. The quantitative estimate of drug-likeness (QED) is 0.872. The summed E-state index contributed by atoms with van der Waals surface area (Å²) in [5.41, 5.74) is -0.536. The third-order valence-electron chi connectivity index (χ3n) is 2.70. The van der Waals surface area contributed by atoms with Crippen LogP contribution in [0, 0.1) is 5.82 Å². The van der Waals surface area contributed by atoms with E-state index in [4.69, 9.17) is 4.74 Å². The highest BCUT2D eigenvalue weighted by atomic mass is 32.1. The fraction of sp³-hybridized carbons (Fsp3) is 0.308. The number of benzene rings is 1. The van der Waals surface area contributed by atoms with Crippen molar-refractivity contribution in [1.82, 2.24) is 10.3 Å². The van der Waals surface area contributed by atoms with Crippen molar-refractivity contribution in [2.75, 3.05) is 14.2 Å². The summed E-state index contributed by atoms with van der Waals surface area (Å²) >= 11 is 0.917. The van der Waals surface area contributed by atoms with Gasteiger partial charge in [0.05, 0.1) is 12.0 Å². The number of methoxy groups -OCH3 is 1. The van der Waals surface area contributed by atoms with Crippen LogP contribution in [0.25, 0.3) is 10.6 Å². The maximum atomic E-state index is 13.3. The summed E-state index contributed by atoms with van der Waals surface area (Å²) in [5.74, 6) is -0.615. The zero-order chi connectivity index (χ0) is 15.6. The lowest BCUT2D eigenvalue weighted by Crippen LogP contribution is -2.12. The number of aromatic nitrogens is 1. The van der Waals surface area contributed by atoms with Gasteiger partial charge in [0, 0.05) is 12.1 Å². The number of thiazole rings is 1. The highest BCUT2D eigenvalue weighted by Crippen LogP contribution is 2.38. The normalized spacial score (nSPS) is 11.7. The van der Waals surface area contributed by atoms with Gasteiger partial charge in [-0.05, 0) is 25.2 Å². The molecule has 8 heteroatoms. The Morgan fingerprint density at radius 2 is 2.05 bits per heavy atom. The average molecular weight is 320 g/mol.